The molecule has 7 heteroatoms. The smallest absolute Gasteiger partial charge is 0.228 e. The number of aromatic nitrogens is 4. The topological polar surface area (TPSA) is 81.9 Å². The highest BCUT2D eigenvalue weighted by Crippen LogP contribution is 2.24. The average Bonchev–Trinajstić information content (AvgIpc) is 3.35. The predicted octanol–water partition coefficient (Wildman–Crippen LogP) is 5.10. The Morgan fingerprint density at radius 3 is 2.64 bits per heavy atom. The van der Waals surface area contributed by atoms with Gasteiger partial charge in [-0.25, -0.2) is 9.97 Å². The lowest BCUT2D eigenvalue weighted by atomic mass is 10.0. The van der Waals surface area contributed by atoms with Gasteiger partial charge in [-0.15, -0.1) is 0 Å². The molecule has 33 heavy (non-hydrogen) atoms. The molecule has 0 fully saturated rings. The monoisotopic (exact) mass is 435 g/mol. The molecule has 0 bridgehead atoms. The van der Waals surface area contributed by atoms with Crippen LogP contribution in [-0.4, -0.2) is 25.4 Å². The minimum Gasteiger partial charge on any atom is -0.439 e. The number of aryl methyl sites for hydroxylation is 1. The molecule has 7 nitrogen and oxygen atoms in total. The number of hydrogen-bond acceptors (Lipinski definition) is 5. The van der Waals surface area contributed by atoms with E-state index in [9.17, 15) is 4.79 Å². The Labute approximate surface area is 190 Å². The van der Waals surface area contributed by atoms with Crippen molar-refractivity contribution in [3.63, 3.8) is 0 Å². The SMILES string of the molecule is Cc1nc(Oc2ccc(NC(=O)Cc3cccc4ccccc34)cc2)cc(-n2ccnc2)n1. The molecule has 0 aliphatic rings. The first-order chi connectivity index (χ1) is 16.1. The third-order valence-electron chi connectivity index (χ3n) is 5.16. The molecule has 0 aliphatic heterocycles. The van der Waals surface area contributed by atoms with Crippen LogP contribution >= 0.6 is 0 Å². The normalized spacial score (nSPS) is 10.8. The number of anilines is 1. The number of rotatable bonds is 6. The van der Waals surface area contributed by atoms with E-state index in [1.165, 1.54) is 0 Å². The minimum absolute atomic E-state index is 0.0728. The van der Waals surface area contributed by atoms with Crippen LogP contribution in [0.3, 0.4) is 0 Å². The van der Waals surface area contributed by atoms with Crippen molar-refractivity contribution in [3.05, 3.63) is 103 Å². The molecule has 2 aromatic heterocycles. The van der Waals surface area contributed by atoms with Gasteiger partial charge in [0.15, 0.2) is 0 Å². The molecule has 0 atom stereocenters. The zero-order chi connectivity index (χ0) is 22.6. The van der Waals surface area contributed by atoms with Gasteiger partial charge in [0.05, 0.1) is 6.42 Å². The fourth-order valence-corrected chi connectivity index (χ4v) is 3.66. The van der Waals surface area contributed by atoms with Gasteiger partial charge in [0.2, 0.25) is 11.8 Å². The highest BCUT2D eigenvalue weighted by atomic mass is 16.5. The first-order valence-corrected chi connectivity index (χ1v) is 10.5. The van der Waals surface area contributed by atoms with E-state index in [2.05, 4.69) is 20.3 Å². The Balaban J connectivity index is 1.26. The van der Waals surface area contributed by atoms with Gasteiger partial charge >= 0.3 is 0 Å². The van der Waals surface area contributed by atoms with E-state index < -0.39 is 0 Å². The standard InChI is InChI=1S/C26H21N5O2/c1-18-28-24(31-14-13-27-17-31)16-26(29-18)33-22-11-9-21(10-12-22)30-25(32)15-20-7-4-6-19-5-2-3-8-23(19)20/h2-14,16-17H,15H2,1H3,(H,30,32). The molecule has 0 saturated carbocycles. The molecule has 5 rings (SSSR count). The molecular formula is C26H21N5O2. The first-order valence-electron chi connectivity index (χ1n) is 10.5. The predicted molar refractivity (Wildman–Crippen MR) is 127 cm³/mol. The third-order valence-corrected chi connectivity index (χ3v) is 5.16. The minimum atomic E-state index is -0.0728. The molecule has 0 unspecified atom stereocenters. The summed E-state index contributed by atoms with van der Waals surface area (Å²) < 4.78 is 7.69. The van der Waals surface area contributed by atoms with E-state index in [0.717, 1.165) is 16.3 Å². The molecule has 1 N–H and O–H groups in total. The molecule has 162 valence electrons. The van der Waals surface area contributed by atoms with Crippen LogP contribution in [0.1, 0.15) is 11.4 Å². The van der Waals surface area contributed by atoms with Crippen molar-refractivity contribution in [3.8, 4) is 17.4 Å². The lowest BCUT2D eigenvalue weighted by Gasteiger charge is -2.10. The Morgan fingerprint density at radius 2 is 1.82 bits per heavy atom. The average molecular weight is 435 g/mol. The molecule has 5 aromatic rings. The molecule has 3 aromatic carbocycles. The number of carbonyl (C=O) groups is 1. The number of nitrogens with one attached hydrogen (secondary N) is 1. The van der Waals surface area contributed by atoms with E-state index in [1.807, 2.05) is 49.4 Å². The van der Waals surface area contributed by atoms with Crippen LogP contribution in [0.15, 0.2) is 91.5 Å². The molecule has 1 amide bonds. The van der Waals surface area contributed by atoms with E-state index >= 15 is 0 Å². The molecule has 2 heterocycles. The maximum absolute atomic E-state index is 12.6. The van der Waals surface area contributed by atoms with Crippen LogP contribution in [0.5, 0.6) is 11.6 Å². The second-order valence-corrected chi connectivity index (χ2v) is 7.57. The Morgan fingerprint density at radius 1 is 1.00 bits per heavy atom. The van der Waals surface area contributed by atoms with Crippen LogP contribution in [0.2, 0.25) is 0 Å². The Hall–Kier alpha value is -4.52. The lowest BCUT2D eigenvalue weighted by molar-refractivity contribution is -0.115. The number of fused-ring (bicyclic) bond motifs is 1. The summed E-state index contributed by atoms with van der Waals surface area (Å²) in [5.74, 6) is 2.23. The van der Waals surface area contributed by atoms with Crippen molar-refractivity contribution in [2.75, 3.05) is 5.32 Å². The molecule has 0 spiro atoms. The summed E-state index contributed by atoms with van der Waals surface area (Å²) in [6.45, 7) is 1.81. The van der Waals surface area contributed by atoms with Gasteiger partial charge in [0.1, 0.15) is 23.7 Å². The second-order valence-electron chi connectivity index (χ2n) is 7.57. The summed E-state index contributed by atoms with van der Waals surface area (Å²) >= 11 is 0. The summed E-state index contributed by atoms with van der Waals surface area (Å²) in [6, 6.07) is 23.0. The van der Waals surface area contributed by atoms with Crippen LogP contribution in [-0.2, 0) is 11.2 Å². The number of imidazole rings is 1. The summed E-state index contributed by atoms with van der Waals surface area (Å²) in [6.07, 6.45) is 5.46. The fourth-order valence-electron chi connectivity index (χ4n) is 3.66. The van der Waals surface area contributed by atoms with E-state index in [4.69, 9.17) is 4.74 Å². The van der Waals surface area contributed by atoms with Crippen molar-refractivity contribution >= 4 is 22.4 Å². The number of benzene rings is 3. The largest absolute Gasteiger partial charge is 0.439 e. The zero-order valence-electron chi connectivity index (χ0n) is 18.0. The number of nitrogens with zero attached hydrogens (tertiary/aromatic N) is 4. The molecule has 0 saturated heterocycles. The van der Waals surface area contributed by atoms with Crippen LogP contribution < -0.4 is 10.1 Å². The number of amides is 1. The van der Waals surface area contributed by atoms with Gasteiger partial charge in [-0.3, -0.25) is 9.36 Å². The van der Waals surface area contributed by atoms with Gasteiger partial charge in [0.25, 0.3) is 0 Å². The van der Waals surface area contributed by atoms with Gasteiger partial charge in [-0.05, 0) is 47.5 Å². The lowest BCUT2D eigenvalue weighted by Crippen LogP contribution is -2.14. The van der Waals surface area contributed by atoms with Crippen molar-refractivity contribution in [2.24, 2.45) is 0 Å². The van der Waals surface area contributed by atoms with E-state index in [-0.39, 0.29) is 5.91 Å². The Kier molecular flexibility index (Phi) is 5.51. The van der Waals surface area contributed by atoms with E-state index in [1.54, 1.807) is 53.6 Å². The van der Waals surface area contributed by atoms with E-state index in [0.29, 0.717) is 35.4 Å². The summed E-state index contributed by atoms with van der Waals surface area (Å²) in [5, 5.41) is 5.17. The Bertz CT molecular complexity index is 1410. The quantitative estimate of drug-likeness (QED) is 0.401. The van der Waals surface area contributed by atoms with Crippen LogP contribution in [0, 0.1) is 6.92 Å². The third kappa shape index (κ3) is 4.72. The maximum atomic E-state index is 12.6. The maximum Gasteiger partial charge on any atom is 0.228 e. The highest BCUT2D eigenvalue weighted by Gasteiger charge is 2.09. The van der Waals surface area contributed by atoms with Gasteiger partial charge in [-0.1, -0.05) is 42.5 Å². The van der Waals surface area contributed by atoms with Gasteiger partial charge in [-0.2, -0.15) is 4.98 Å². The number of hydrogen-bond donors (Lipinski definition) is 1. The summed E-state index contributed by atoms with van der Waals surface area (Å²) in [5.41, 5.74) is 1.70. The highest BCUT2D eigenvalue weighted by molar-refractivity contribution is 5.96. The molecule has 0 radical (unpaired) electrons. The second kappa shape index (κ2) is 8.92. The van der Waals surface area contributed by atoms with Crippen LogP contribution in [0.4, 0.5) is 5.69 Å². The van der Waals surface area contributed by atoms with Crippen molar-refractivity contribution in [1.29, 1.82) is 0 Å². The van der Waals surface area contributed by atoms with Crippen molar-refractivity contribution in [1.82, 2.24) is 19.5 Å². The van der Waals surface area contributed by atoms with Crippen molar-refractivity contribution in [2.45, 2.75) is 13.3 Å². The fraction of sp³-hybridized carbons (Fsp3) is 0.0769. The summed E-state index contributed by atoms with van der Waals surface area (Å²) in [4.78, 5) is 25.4. The number of ether oxygens (including phenoxy) is 1. The summed E-state index contributed by atoms with van der Waals surface area (Å²) in [7, 11) is 0. The number of carbonyl (C=O) groups excluding carboxylic acids is 1. The van der Waals surface area contributed by atoms with Gasteiger partial charge in [0, 0.05) is 24.1 Å². The first kappa shape index (κ1) is 20.4. The zero-order valence-corrected chi connectivity index (χ0v) is 18.0. The molecular weight excluding hydrogens is 414 g/mol. The molecule has 0 aliphatic carbocycles. The van der Waals surface area contributed by atoms with Gasteiger partial charge < -0.3 is 10.1 Å². The van der Waals surface area contributed by atoms with Crippen LogP contribution in [0.25, 0.3) is 16.6 Å². The van der Waals surface area contributed by atoms with Crippen molar-refractivity contribution < 1.29 is 9.53 Å².